The fraction of sp³-hybridized carbons (Fsp3) is 0.688. The van der Waals surface area contributed by atoms with Gasteiger partial charge in [0.2, 0.25) is 0 Å². The first kappa shape index (κ1) is 12.9. The second-order valence-electron chi connectivity index (χ2n) is 6.15. The fourth-order valence-electron chi connectivity index (χ4n) is 3.75. The van der Waals surface area contributed by atoms with Crippen LogP contribution in [-0.4, -0.2) is 23.6 Å². The van der Waals surface area contributed by atoms with E-state index in [1.807, 2.05) is 12.4 Å². The maximum Gasteiger partial charge on any atom is 0.0531 e. The normalized spacial score (nSPS) is 31.3. The summed E-state index contributed by atoms with van der Waals surface area (Å²) < 4.78 is 0. The SMILES string of the molecule is Cc1cncc(NC2CCCCC2C2CCCN2)c1. The summed E-state index contributed by atoms with van der Waals surface area (Å²) in [5, 5.41) is 7.44. The van der Waals surface area contributed by atoms with Gasteiger partial charge in [-0.1, -0.05) is 12.8 Å². The molecule has 1 aliphatic carbocycles. The van der Waals surface area contributed by atoms with Crippen molar-refractivity contribution in [3.63, 3.8) is 0 Å². The number of aryl methyl sites for hydroxylation is 1. The highest BCUT2D eigenvalue weighted by Crippen LogP contribution is 2.32. The van der Waals surface area contributed by atoms with E-state index in [9.17, 15) is 0 Å². The lowest BCUT2D eigenvalue weighted by molar-refractivity contribution is 0.262. The van der Waals surface area contributed by atoms with Gasteiger partial charge in [0.05, 0.1) is 5.69 Å². The van der Waals surface area contributed by atoms with Crippen molar-refractivity contribution in [2.24, 2.45) is 5.92 Å². The Labute approximate surface area is 116 Å². The number of rotatable bonds is 3. The summed E-state index contributed by atoms with van der Waals surface area (Å²) in [6, 6.07) is 3.56. The van der Waals surface area contributed by atoms with Crippen LogP contribution in [0, 0.1) is 12.8 Å². The van der Waals surface area contributed by atoms with Crippen LogP contribution in [0.15, 0.2) is 18.5 Å². The summed E-state index contributed by atoms with van der Waals surface area (Å²) in [5.41, 5.74) is 2.42. The molecule has 19 heavy (non-hydrogen) atoms. The van der Waals surface area contributed by atoms with E-state index in [2.05, 4.69) is 28.6 Å². The predicted octanol–water partition coefficient (Wildman–Crippen LogP) is 3.11. The molecule has 2 heterocycles. The van der Waals surface area contributed by atoms with E-state index in [4.69, 9.17) is 0 Å². The molecule has 3 nitrogen and oxygen atoms in total. The van der Waals surface area contributed by atoms with E-state index in [0.29, 0.717) is 6.04 Å². The van der Waals surface area contributed by atoms with Crippen LogP contribution in [0.4, 0.5) is 5.69 Å². The molecule has 2 fully saturated rings. The summed E-state index contributed by atoms with van der Waals surface area (Å²) in [6.45, 7) is 3.31. The molecule has 2 N–H and O–H groups in total. The van der Waals surface area contributed by atoms with Crippen LogP contribution in [0.5, 0.6) is 0 Å². The van der Waals surface area contributed by atoms with Crippen molar-refractivity contribution >= 4 is 5.69 Å². The van der Waals surface area contributed by atoms with Crippen LogP contribution in [0.3, 0.4) is 0 Å². The fourth-order valence-corrected chi connectivity index (χ4v) is 3.75. The van der Waals surface area contributed by atoms with Crippen molar-refractivity contribution in [1.29, 1.82) is 0 Å². The first-order valence-corrected chi connectivity index (χ1v) is 7.74. The van der Waals surface area contributed by atoms with E-state index in [-0.39, 0.29) is 0 Å². The van der Waals surface area contributed by atoms with Crippen molar-refractivity contribution < 1.29 is 0 Å². The van der Waals surface area contributed by atoms with Crippen LogP contribution in [0.2, 0.25) is 0 Å². The molecule has 1 saturated carbocycles. The molecule has 0 aromatic carbocycles. The summed E-state index contributed by atoms with van der Waals surface area (Å²) in [4.78, 5) is 4.29. The first-order valence-electron chi connectivity index (χ1n) is 7.74. The van der Waals surface area contributed by atoms with E-state index >= 15 is 0 Å². The maximum absolute atomic E-state index is 4.29. The topological polar surface area (TPSA) is 37.0 Å². The Morgan fingerprint density at radius 3 is 2.84 bits per heavy atom. The number of nitrogens with one attached hydrogen (secondary N) is 2. The molecule has 0 amide bonds. The van der Waals surface area contributed by atoms with Gasteiger partial charge < -0.3 is 10.6 Å². The van der Waals surface area contributed by atoms with Crippen molar-refractivity contribution in [2.75, 3.05) is 11.9 Å². The average Bonchev–Trinajstić information content (AvgIpc) is 2.93. The van der Waals surface area contributed by atoms with Crippen LogP contribution < -0.4 is 10.6 Å². The predicted molar refractivity (Wildman–Crippen MR) is 79.4 cm³/mol. The number of aromatic nitrogens is 1. The minimum atomic E-state index is 0.618. The van der Waals surface area contributed by atoms with Gasteiger partial charge in [-0.3, -0.25) is 4.98 Å². The van der Waals surface area contributed by atoms with Gasteiger partial charge in [-0.15, -0.1) is 0 Å². The lowest BCUT2D eigenvalue weighted by Gasteiger charge is -2.36. The van der Waals surface area contributed by atoms with E-state index in [1.165, 1.54) is 56.3 Å². The second-order valence-corrected chi connectivity index (χ2v) is 6.15. The lowest BCUT2D eigenvalue weighted by Crippen LogP contribution is -2.43. The Bertz CT molecular complexity index is 412. The van der Waals surface area contributed by atoms with E-state index in [0.717, 1.165) is 12.0 Å². The number of hydrogen-bond acceptors (Lipinski definition) is 3. The second kappa shape index (κ2) is 5.91. The van der Waals surface area contributed by atoms with Gasteiger partial charge in [0, 0.05) is 24.5 Å². The minimum absolute atomic E-state index is 0.618. The van der Waals surface area contributed by atoms with Gasteiger partial charge in [-0.25, -0.2) is 0 Å². The Morgan fingerprint density at radius 2 is 2.05 bits per heavy atom. The Morgan fingerprint density at radius 1 is 1.16 bits per heavy atom. The van der Waals surface area contributed by atoms with Crippen molar-refractivity contribution in [1.82, 2.24) is 10.3 Å². The third kappa shape index (κ3) is 3.08. The average molecular weight is 259 g/mol. The largest absolute Gasteiger partial charge is 0.381 e. The molecule has 3 rings (SSSR count). The Balaban J connectivity index is 1.69. The zero-order chi connectivity index (χ0) is 13.1. The maximum atomic E-state index is 4.29. The summed E-state index contributed by atoms with van der Waals surface area (Å²) in [5.74, 6) is 0.789. The molecule has 104 valence electrons. The molecule has 1 aromatic rings. The molecular weight excluding hydrogens is 234 g/mol. The number of hydrogen-bond donors (Lipinski definition) is 2. The van der Waals surface area contributed by atoms with Gasteiger partial charge in [-0.2, -0.15) is 0 Å². The van der Waals surface area contributed by atoms with E-state index < -0.39 is 0 Å². The van der Waals surface area contributed by atoms with Gasteiger partial charge in [0.15, 0.2) is 0 Å². The molecule has 3 heteroatoms. The third-order valence-corrected chi connectivity index (χ3v) is 4.66. The molecule has 0 spiro atoms. The van der Waals surface area contributed by atoms with Crippen LogP contribution >= 0.6 is 0 Å². The molecule has 2 aliphatic rings. The van der Waals surface area contributed by atoms with E-state index in [1.54, 1.807) is 0 Å². The Kier molecular flexibility index (Phi) is 4.02. The van der Waals surface area contributed by atoms with Crippen LogP contribution in [-0.2, 0) is 0 Å². The molecule has 3 unspecified atom stereocenters. The quantitative estimate of drug-likeness (QED) is 0.875. The van der Waals surface area contributed by atoms with Crippen molar-refractivity contribution in [3.05, 3.63) is 24.0 Å². The number of nitrogens with zero attached hydrogens (tertiary/aromatic N) is 1. The summed E-state index contributed by atoms with van der Waals surface area (Å²) >= 11 is 0. The molecule has 3 atom stereocenters. The standard InChI is InChI=1S/C16H25N3/c1-12-9-13(11-17-10-12)19-16-6-3-2-5-14(16)15-7-4-8-18-15/h9-11,14-16,18-19H,2-8H2,1H3. The van der Waals surface area contributed by atoms with Crippen molar-refractivity contribution in [2.45, 2.75) is 57.5 Å². The minimum Gasteiger partial charge on any atom is -0.381 e. The van der Waals surface area contributed by atoms with Gasteiger partial charge >= 0.3 is 0 Å². The molecule has 1 aromatic heterocycles. The number of pyridine rings is 1. The smallest absolute Gasteiger partial charge is 0.0531 e. The highest BCUT2D eigenvalue weighted by molar-refractivity contribution is 5.43. The van der Waals surface area contributed by atoms with Crippen LogP contribution in [0.25, 0.3) is 0 Å². The molecule has 0 radical (unpaired) electrons. The zero-order valence-corrected chi connectivity index (χ0v) is 11.9. The highest BCUT2D eigenvalue weighted by atomic mass is 15.0. The number of anilines is 1. The third-order valence-electron chi connectivity index (χ3n) is 4.66. The summed E-state index contributed by atoms with van der Waals surface area (Å²) in [7, 11) is 0. The highest BCUT2D eigenvalue weighted by Gasteiger charge is 2.33. The molecule has 0 bridgehead atoms. The van der Waals surface area contributed by atoms with Crippen molar-refractivity contribution in [3.8, 4) is 0 Å². The molecular formula is C16H25N3. The van der Waals surface area contributed by atoms with Crippen LogP contribution in [0.1, 0.15) is 44.1 Å². The van der Waals surface area contributed by atoms with Gasteiger partial charge in [-0.05, 0) is 56.7 Å². The zero-order valence-electron chi connectivity index (χ0n) is 11.9. The molecule has 1 saturated heterocycles. The summed E-state index contributed by atoms with van der Waals surface area (Å²) in [6.07, 6.45) is 12.0. The first-order chi connectivity index (χ1) is 9.33. The Hall–Kier alpha value is -1.09. The lowest BCUT2D eigenvalue weighted by atomic mass is 9.79. The molecule has 1 aliphatic heterocycles. The van der Waals surface area contributed by atoms with Gasteiger partial charge in [0.1, 0.15) is 0 Å². The monoisotopic (exact) mass is 259 g/mol. The van der Waals surface area contributed by atoms with Gasteiger partial charge in [0.25, 0.3) is 0 Å².